The number of nitrogens with zero attached hydrogens (tertiary/aromatic N) is 2. The van der Waals surface area contributed by atoms with Gasteiger partial charge in [0.2, 0.25) is 12.7 Å². The number of methoxy groups -OCH3 is 2. The number of para-hydroxylation sites is 1. The average Bonchev–Trinajstić information content (AvgIpc) is 3.47. The summed E-state index contributed by atoms with van der Waals surface area (Å²) in [6, 6.07) is 17.1. The van der Waals surface area contributed by atoms with Gasteiger partial charge in [0.25, 0.3) is 0 Å². The smallest absolute Gasteiger partial charge is 0.231 e. The Kier molecular flexibility index (Phi) is 4.81. The number of fused-ring (bicyclic) bond motifs is 3. The van der Waals surface area contributed by atoms with Crippen LogP contribution in [0, 0.1) is 0 Å². The van der Waals surface area contributed by atoms with Gasteiger partial charge >= 0.3 is 0 Å². The maximum atomic E-state index is 11.1. The highest BCUT2D eigenvalue weighted by molar-refractivity contribution is 6.12. The highest BCUT2D eigenvalue weighted by atomic mass is 16.7. The van der Waals surface area contributed by atoms with E-state index in [1.165, 1.54) is 0 Å². The van der Waals surface area contributed by atoms with E-state index in [0.717, 1.165) is 22.1 Å². The lowest BCUT2D eigenvalue weighted by molar-refractivity contribution is 0.174. The summed E-state index contributed by atoms with van der Waals surface area (Å²) >= 11 is 0. The van der Waals surface area contributed by atoms with E-state index < -0.39 is 0 Å². The lowest BCUT2D eigenvalue weighted by atomic mass is 9.99. The topological polar surface area (TPSA) is 101 Å². The van der Waals surface area contributed by atoms with Gasteiger partial charge in [0.1, 0.15) is 11.5 Å². The Morgan fingerprint density at radius 3 is 2.69 bits per heavy atom. The molecule has 8 nitrogen and oxygen atoms in total. The first kappa shape index (κ1) is 21.0. The molecule has 0 fully saturated rings. The summed E-state index contributed by atoms with van der Waals surface area (Å²) in [5.41, 5.74) is 11.0. The fourth-order valence-corrected chi connectivity index (χ4v) is 4.61. The molecule has 5 aromatic rings. The first-order valence-corrected chi connectivity index (χ1v) is 11.1. The monoisotopic (exact) mass is 469 g/mol. The molecule has 176 valence electrons. The Morgan fingerprint density at radius 1 is 1.00 bits per heavy atom. The minimum Gasteiger partial charge on any atom is -0.497 e. The van der Waals surface area contributed by atoms with Crippen molar-refractivity contribution in [1.82, 2.24) is 9.55 Å². The van der Waals surface area contributed by atoms with Crippen LogP contribution >= 0.6 is 0 Å². The van der Waals surface area contributed by atoms with Crippen molar-refractivity contribution in [2.24, 2.45) is 0 Å². The number of pyridine rings is 1. The van der Waals surface area contributed by atoms with Gasteiger partial charge in [-0.15, -0.1) is 0 Å². The summed E-state index contributed by atoms with van der Waals surface area (Å²) in [7, 11) is 3.25. The molecule has 0 amide bonds. The summed E-state index contributed by atoms with van der Waals surface area (Å²) in [4.78, 5) is 4.92. The van der Waals surface area contributed by atoms with E-state index in [9.17, 15) is 5.11 Å². The molecule has 0 unspecified atom stereocenters. The van der Waals surface area contributed by atoms with Gasteiger partial charge in [-0.05, 0) is 35.9 Å². The summed E-state index contributed by atoms with van der Waals surface area (Å²) < 4.78 is 23.6. The van der Waals surface area contributed by atoms with Crippen LogP contribution in [0.3, 0.4) is 0 Å². The molecule has 0 bridgehead atoms. The van der Waals surface area contributed by atoms with E-state index in [0.29, 0.717) is 51.6 Å². The number of aromatic hydroxyl groups is 1. The minimum atomic E-state index is 0.0638. The van der Waals surface area contributed by atoms with Crippen LogP contribution in [0.4, 0.5) is 5.69 Å². The van der Waals surface area contributed by atoms with E-state index in [-0.39, 0.29) is 12.7 Å². The maximum absolute atomic E-state index is 11.1. The van der Waals surface area contributed by atoms with Crippen LogP contribution in [0.15, 0.2) is 60.8 Å². The molecule has 0 aliphatic carbocycles. The van der Waals surface area contributed by atoms with Gasteiger partial charge in [-0.2, -0.15) is 0 Å². The zero-order valence-electron chi connectivity index (χ0n) is 19.2. The number of nitrogen functional groups attached to an aromatic ring is 1. The fourth-order valence-electron chi connectivity index (χ4n) is 4.61. The average molecular weight is 469 g/mol. The van der Waals surface area contributed by atoms with Crippen LogP contribution in [0.5, 0.6) is 28.9 Å². The van der Waals surface area contributed by atoms with E-state index in [1.54, 1.807) is 18.8 Å². The number of hydrogen-bond acceptors (Lipinski definition) is 7. The Morgan fingerprint density at radius 2 is 1.86 bits per heavy atom. The molecular weight excluding hydrogens is 446 g/mol. The van der Waals surface area contributed by atoms with Crippen LogP contribution in [-0.2, 0) is 6.54 Å². The standard InChI is InChI=1S/C27H23N3O5/c1-32-16-7-9-21(33-2)19(11-16)17-4-3-5-18-25(28)24-20(29-26(17)18)13-30(27(24)31)12-15-6-8-22-23(10-15)35-14-34-22/h3-11,13,31H,12,14,28H2,1-2H3. The summed E-state index contributed by atoms with van der Waals surface area (Å²) in [5.74, 6) is 2.88. The second kappa shape index (κ2) is 8.02. The second-order valence-electron chi connectivity index (χ2n) is 8.32. The SMILES string of the molecule is COc1ccc(OC)c(-c2cccc3c(N)c4c(O)n(Cc5ccc6c(c5)OCO6)cc4nc23)c1. The number of hydrogen-bond donors (Lipinski definition) is 2. The summed E-state index contributed by atoms with van der Waals surface area (Å²) in [6.07, 6.45) is 1.81. The van der Waals surface area contributed by atoms with E-state index in [2.05, 4.69) is 0 Å². The van der Waals surface area contributed by atoms with Crippen LogP contribution in [-0.4, -0.2) is 35.7 Å². The van der Waals surface area contributed by atoms with Crippen molar-refractivity contribution in [3.05, 3.63) is 66.4 Å². The molecule has 35 heavy (non-hydrogen) atoms. The predicted octanol–water partition coefficient (Wildman–Crippen LogP) is 4.94. The van der Waals surface area contributed by atoms with Crippen molar-refractivity contribution in [3.8, 4) is 40.0 Å². The molecule has 1 aliphatic rings. The van der Waals surface area contributed by atoms with Gasteiger partial charge in [0.05, 0.1) is 42.9 Å². The van der Waals surface area contributed by atoms with E-state index in [1.807, 2.05) is 60.8 Å². The molecule has 3 aromatic carbocycles. The maximum Gasteiger partial charge on any atom is 0.231 e. The Bertz CT molecular complexity index is 1610. The molecule has 0 atom stereocenters. The van der Waals surface area contributed by atoms with Crippen LogP contribution in [0.1, 0.15) is 5.56 Å². The second-order valence-corrected chi connectivity index (χ2v) is 8.32. The quantitative estimate of drug-likeness (QED) is 0.376. The molecule has 6 rings (SSSR count). The predicted molar refractivity (Wildman–Crippen MR) is 134 cm³/mol. The number of benzene rings is 3. The van der Waals surface area contributed by atoms with Crippen LogP contribution < -0.4 is 24.7 Å². The van der Waals surface area contributed by atoms with Gasteiger partial charge in [-0.1, -0.05) is 24.3 Å². The largest absolute Gasteiger partial charge is 0.497 e. The minimum absolute atomic E-state index is 0.0638. The van der Waals surface area contributed by atoms with Crippen LogP contribution in [0.25, 0.3) is 32.9 Å². The van der Waals surface area contributed by atoms with E-state index in [4.69, 9.17) is 29.7 Å². The van der Waals surface area contributed by atoms with Crippen molar-refractivity contribution in [1.29, 1.82) is 0 Å². The van der Waals surface area contributed by atoms with Gasteiger partial charge in [0.15, 0.2) is 11.5 Å². The van der Waals surface area contributed by atoms with Crippen molar-refractivity contribution in [3.63, 3.8) is 0 Å². The third-order valence-electron chi connectivity index (χ3n) is 6.34. The molecular formula is C27H23N3O5. The lowest BCUT2D eigenvalue weighted by Crippen LogP contribution is -1.97. The van der Waals surface area contributed by atoms with Gasteiger partial charge in [-0.3, -0.25) is 0 Å². The molecule has 3 heterocycles. The van der Waals surface area contributed by atoms with Crippen molar-refractivity contribution >= 4 is 27.5 Å². The molecule has 0 saturated carbocycles. The first-order valence-electron chi connectivity index (χ1n) is 11.1. The zero-order valence-corrected chi connectivity index (χ0v) is 19.2. The van der Waals surface area contributed by atoms with Gasteiger partial charge in [-0.25, -0.2) is 4.98 Å². The molecule has 3 N–H and O–H groups in total. The molecule has 1 aliphatic heterocycles. The number of anilines is 1. The van der Waals surface area contributed by atoms with Crippen molar-refractivity contribution < 1.29 is 24.1 Å². The molecule has 2 aromatic heterocycles. The van der Waals surface area contributed by atoms with Crippen LogP contribution in [0.2, 0.25) is 0 Å². The zero-order chi connectivity index (χ0) is 24.1. The van der Waals surface area contributed by atoms with Gasteiger partial charge in [0, 0.05) is 22.7 Å². The highest BCUT2D eigenvalue weighted by Gasteiger charge is 2.20. The molecule has 8 heteroatoms. The summed E-state index contributed by atoms with van der Waals surface area (Å²) in [6.45, 7) is 0.635. The Hall–Kier alpha value is -4.59. The molecule has 0 radical (unpaired) electrons. The fraction of sp³-hybridized carbons (Fsp3) is 0.148. The molecule has 0 spiro atoms. The first-order chi connectivity index (χ1) is 17.1. The third kappa shape index (κ3) is 3.33. The molecule has 0 saturated heterocycles. The Labute approximate surface area is 201 Å². The lowest BCUT2D eigenvalue weighted by Gasteiger charge is -2.13. The third-order valence-corrected chi connectivity index (χ3v) is 6.34. The van der Waals surface area contributed by atoms with Crippen molar-refractivity contribution in [2.75, 3.05) is 26.7 Å². The highest BCUT2D eigenvalue weighted by Crippen LogP contribution is 2.42. The number of ether oxygens (including phenoxy) is 4. The van der Waals surface area contributed by atoms with E-state index >= 15 is 0 Å². The number of rotatable bonds is 5. The van der Waals surface area contributed by atoms with Gasteiger partial charge < -0.3 is 34.4 Å². The summed E-state index contributed by atoms with van der Waals surface area (Å²) in [5, 5.41) is 12.3. The normalized spacial score (nSPS) is 12.4. The number of nitrogens with two attached hydrogens (primary N) is 1. The van der Waals surface area contributed by atoms with Crippen molar-refractivity contribution in [2.45, 2.75) is 6.54 Å². The Balaban J connectivity index is 1.51. The number of aromatic nitrogens is 2.